The number of rotatable bonds is 5. The fraction of sp³-hybridized carbons (Fsp3) is 0.647. The van der Waals surface area contributed by atoms with Gasteiger partial charge in [0.25, 0.3) is 0 Å². The van der Waals surface area contributed by atoms with Crippen LogP contribution in [0.5, 0.6) is 0 Å². The fourth-order valence-corrected chi connectivity index (χ4v) is 2.88. The summed E-state index contributed by atoms with van der Waals surface area (Å²) in [5.41, 5.74) is 1.95. The quantitative estimate of drug-likeness (QED) is 0.906. The number of aryl methyl sites for hydroxylation is 1. The van der Waals surface area contributed by atoms with Crippen LogP contribution in [0.4, 0.5) is 0 Å². The van der Waals surface area contributed by atoms with Gasteiger partial charge in [0, 0.05) is 42.9 Å². The Morgan fingerprint density at radius 1 is 1.43 bits per heavy atom. The Morgan fingerprint density at radius 3 is 2.81 bits per heavy atom. The molecular formula is C17H26N2O2. The van der Waals surface area contributed by atoms with Crippen molar-refractivity contribution in [3.63, 3.8) is 0 Å². The van der Waals surface area contributed by atoms with E-state index in [0.717, 1.165) is 24.1 Å². The van der Waals surface area contributed by atoms with Crippen LogP contribution in [-0.4, -0.2) is 22.3 Å². The van der Waals surface area contributed by atoms with Gasteiger partial charge < -0.3 is 9.88 Å². The highest BCUT2D eigenvalue weighted by Gasteiger charge is 2.32. The van der Waals surface area contributed by atoms with Gasteiger partial charge in [0.1, 0.15) is 0 Å². The SMILES string of the molecule is CCC(C)NC(=O)CCn1ccc2c1CC(C)(C)CC2=O. The summed E-state index contributed by atoms with van der Waals surface area (Å²) in [4.78, 5) is 24.0. The van der Waals surface area contributed by atoms with E-state index in [1.54, 1.807) is 0 Å². The van der Waals surface area contributed by atoms with Crippen molar-refractivity contribution in [3.05, 3.63) is 23.5 Å². The highest BCUT2D eigenvalue weighted by molar-refractivity contribution is 5.98. The zero-order valence-corrected chi connectivity index (χ0v) is 13.5. The lowest BCUT2D eigenvalue weighted by Crippen LogP contribution is -2.33. The van der Waals surface area contributed by atoms with Crippen LogP contribution in [0.2, 0.25) is 0 Å². The fourth-order valence-electron chi connectivity index (χ4n) is 2.88. The second-order valence-corrected chi connectivity index (χ2v) is 6.94. The number of hydrogen-bond donors (Lipinski definition) is 1. The number of carbonyl (C=O) groups is 2. The number of carbonyl (C=O) groups excluding carboxylic acids is 2. The lowest BCUT2D eigenvalue weighted by molar-refractivity contribution is -0.121. The lowest BCUT2D eigenvalue weighted by atomic mass is 9.76. The zero-order valence-electron chi connectivity index (χ0n) is 13.5. The molecule has 1 aliphatic carbocycles. The number of ketones is 1. The van der Waals surface area contributed by atoms with Crippen molar-refractivity contribution in [2.45, 2.75) is 66.0 Å². The molecule has 21 heavy (non-hydrogen) atoms. The maximum absolute atomic E-state index is 12.1. The van der Waals surface area contributed by atoms with Gasteiger partial charge in [-0.2, -0.15) is 0 Å². The first-order valence-corrected chi connectivity index (χ1v) is 7.83. The topological polar surface area (TPSA) is 51.1 Å². The van der Waals surface area contributed by atoms with Gasteiger partial charge in [-0.3, -0.25) is 9.59 Å². The predicted molar refractivity (Wildman–Crippen MR) is 83.4 cm³/mol. The second kappa shape index (κ2) is 6.04. The zero-order chi connectivity index (χ0) is 15.6. The van der Waals surface area contributed by atoms with Crippen molar-refractivity contribution in [2.24, 2.45) is 5.41 Å². The Balaban J connectivity index is 2.03. The van der Waals surface area contributed by atoms with Crippen LogP contribution in [0.25, 0.3) is 0 Å². The Morgan fingerprint density at radius 2 is 2.14 bits per heavy atom. The molecule has 1 aliphatic rings. The van der Waals surface area contributed by atoms with Crippen LogP contribution in [0.1, 0.15) is 63.0 Å². The smallest absolute Gasteiger partial charge is 0.221 e. The molecule has 0 aliphatic heterocycles. The van der Waals surface area contributed by atoms with E-state index in [1.807, 2.05) is 19.2 Å². The molecule has 4 heteroatoms. The largest absolute Gasteiger partial charge is 0.354 e. The average molecular weight is 290 g/mol. The number of nitrogens with zero attached hydrogens (tertiary/aromatic N) is 1. The van der Waals surface area contributed by atoms with Gasteiger partial charge in [-0.15, -0.1) is 0 Å². The molecule has 2 rings (SSSR count). The van der Waals surface area contributed by atoms with Crippen molar-refractivity contribution >= 4 is 11.7 Å². The summed E-state index contributed by atoms with van der Waals surface area (Å²) in [6, 6.07) is 2.12. The van der Waals surface area contributed by atoms with E-state index >= 15 is 0 Å². The minimum absolute atomic E-state index is 0.0131. The molecule has 0 spiro atoms. The highest BCUT2D eigenvalue weighted by atomic mass is 16.1. The third-order valence-corrected chi connectivity index (χ3v) is 4.26. The number of fused-ring (bicyclic) bond motifs is 1. The van der Waals surface area contributed by atoms with Crippen molar-refractivity contribution in [2.75, 3.05) is 0 Å². The minimum atomic E-state index is 0.0131. The third-order valence-electron chi connectivity index (χ3n) is 4.26. The number of Topliss-reactive ketones (excluding diaryl/α,β-unsaturated/α-hetero) is 1. The predicted octanol–water partition coefficient (Wildman–Crippen LogP) is 2.95. The molecule has 1 heterocycles. The van der Waals surface area contributed by atoms with Crippen LogP contribution < -0.4 is 5.32 Å². The van der Waals surface area contributed by atoms with Gasteiger partial charge in [-0.25, -0.2) is 0 Å². The Bertz CT molecular complexity index is 543. The number of aromatic nitrogens is 1. The Labute approximate surface area is 126 Å². The first kappa shape index (κ1) is 15.8. The van der Waals surface area contributed by atoms with E-state index in [1.165, 1.54) is 0 Å². The van der Waals surface area contributed by atoms with E-state index < -0.39 is 0 Å². The molecule has 0 radical (unpaired) electrons. The van der Waals surface area contributed by atoms with E-state index in [0.29, 0.717) is 19.4 Å². The molecule has 1 aromatic rings. The molecule has 0 bridgehead atoms. The first-order chi connectivity index (χ1) is 9.82. The molecule has 0 saturated heterocycles. The van der Waals surface area contributed by atoms with E-state index in [2.05, 4.69) is 30.7 Å². The number of nitrogens with one attached hydrogen (secondary N) is 1. The van der Waals surface area contributed by atoms with Crippen molar-refractivity contribution in [1.82, 2.24) is 9.88 Å². The summed E-state index contributed by atoms with van der Waals surface area (Å²) in [7, 11) is 0. The van der Waals surface area contributed by atoms with Gasteiger partial charge in [0.15, 0.2) is 5.78 Å². The van der Waals surface area contributed by atoms with Crippen LogP contribution in [-0.2, 0) is 17.8 Å². The van der Waals surface area contributed by atoms with Crippen LogP contribution in [0, 0.1) is 5.41 Å². The average Bonchev–Trinajstić information content (AvgIpc) is 2.78. The summed E-state index contributed by atoms with van der Waals surface area (Å²) >= 11 is 0. The summed E-state index contributed by atoms with van der Waals surface area (Å²) in [5, 5.41) is 2.98. The normalized spacial score (nSPS) is 18.2. The van der Waals surface area contributed by atoms with Crippen LogP contribution in [0.15, 0.2) is 12.3 Å². The molecule has 1 N–H and O–H groups in total. The molecule has 4 nitrogen and oxygen atoms in total. The summed E-state index contributed by atoms with van der Waals surface area (Å²) < 4.78 is 2.07. The van der Waals surface area contributed by atoms with Gasteiger partial charge in [-0.1, -0.05) is 20.8 Å². The summed E-state index contributed by atoms with van der Waals surface area (Å²) in [5.74, 6) is 0.303. The first-order valence-electron chi connectivity index (χ1n) is 7.83. The van der Waals surface area contributed by atoms with Gasteiger partial charge >= 0.3 is 0 Å². The molecular weight excluding hydrogens is 264 g/mol. The summed E-state index contributed by atoms with van der Waals surface area (Å²) in [6.07, 6.45) is 4.85. The summed E-state index contributed by atoms with van der Waals surface area (Å²) in [6.45, 7) is 8.96. The van der Waals surface area contributed by atoms with Crippen molar-refractivity contribution < 1.29 is 9.59 Å². The molecule has 116 valence electrons. The van der Waals surface area contributed by atoms with E-state index in [-0.39, 0.29) is 23.1 Å². The molecule has 0 aromatic carbocycles. The molecule has 1 amide bonds. The Kier molecular flexibility index (Phi) is 4.55. The van der Waals surface area contributed by atoms with Crippen LogP contribution in [0.3, 0.4) is 0 Å². The molecule has 0 saturated carbocycles. The monoisotopic (exact) mass is 290 g/mol. The van der Waals surface area contributed by atoms with Gasteiger partial charge in [-0.05, 0) is 31.2 Å². The highest BCUT2D eigenvalue weighted by Crippen LogP contribution is 2.35. The van der Waals surface area contributed by atoms with Crippen LogP contribution >= 0.6 is 0 Å². The second-order valence-electron chi connectivity index (χ2n) is 6.94. The minimum Gasteiger partial charge on any atom is -0.354 e. The van der Waals surface area contributed by atoms with E-state index in [9.17, 15) is 9.59 Å². The van der Waals surface area contributed by atoms with Gasteiger partial charge in [0.2, 0.25) is 5.91 Å². The Hall–Kier alpha value is -1.58. The van der Waals surface area contributed by atoms with Crippen molar-refractivity contribution in [1.29, 1.82) is 0 Å². The molecule has 1 aromatic heterocycles. The standard InChI is InChI=1S/C17H26N2O2/c1-5-12(2)18-16(21)7-9-19-8-6-13-14(19)10-17(3,4)11-15(13)20/h6,8,12H,5,7,9-11H2,1-4H3,(H,18,21). The maximum atomic E-state index is 12.1. The van der Waals surface area contributed by atoms with E-state index in [4.69, 9.17) is 0 Å². The van der Waals surface area contributed by atoms with Crippen molar-refractivity contribution in [3.8, 4) is 0 Å². The molecule has 1 atom stereocenters. The number of hydrogen-bond acceptors (Lipinski definition) is 2. The molecule has 0 fully saturated rings. The molecule has 1 unspecified atom stereocenters. The maximum Gasteiger partial charge on any atom is 0.221 e. The third kappa shape index (κ3) is 3.74. The van der Waals surface area contributed by atoms with Gasteiger partial charge in [0.05, 0.1) is 0 Å². The number of amides is 1. The lowest BCUT2D eigenvalue weighted by Gasteiger charge is -2.29.